The molecule has 2 rings (SSSR count). The second-order valence-corrected chi connectivity index (χ2v) is 5.52. The normalized spacial score (nSPS) is 15.5. The summed E-state index contributed by atoms with van der Waals surface area (Å²) in [7, 11) is 0. The van der Waals surface area contributed by atoms with Crippen LogP contribution in [0, 0.1) is 0 Å². The fourth-order valence-corrected chi connectivity index (χ4v) is 2.53. The van der Waals surface area contributed by atoms with E-state index in [4.69, 9.17) is 0 Å². The maximum atomic E-state index is 12.2. The van der Waals surface area contributed by atoms with Crippen molar-refractivity contribution in [2.45, 2.75) is 20.3 Å². The first kappa shape index (κ1) is 16.3. The Morgan fingerprint density at radius 2 is 1.55 bits per heavy atom. The smallest absolute Gasteiger partial charge is 0.321 e. The molecule has 0 unspecified atom stereocenters. The van der Waals surface area contributed by atoms with Crippen LogP contribution in [0.15, 0.2) is 24.3 Å². The Morgan fingerprint density at radius 1 is 1.00 bits per heavy atom. The number of hydrogen-bond donors (Lipinski definition) is 2. The zero-order chi connectivity index (χ0) is 15.9. The summed E-state index contributed by atoms with van der Waals surface area (Å²) in [6.07, 6.45) is 1.15. The number of nitrogens with one attached hydrogen (secondary N) is 2. The van der Waals surface area contributed by atoms with Crippen LogP contribution in [0.4, 0.5) is 16.2 Å². The van der Waals surface area contributed by atoms with E-state index in [9.17, 15) is 9.59 Å². The van der Waals surface area contributed by atoms with Gasteiger partial charge in [-0.15, -0.1) is 0 Å². The minimum atomic E-state index is -0.110. The maximum absolute atomic E-state index is 12.2. The molecule has 0 aliphatic carbocycles. The Balaban J connectivity index is 1.83. The summed E-state index contributed by atoms with van der Waals surface area (Å²) in [5, 5.41) is 5.59. The van der Waals surface area contributed by atoms with E-state index in [-0.39, 0.29) is 11.9 Å². The van der Waals surface area contributed by atoms with Gasteiger partial charge in [-0.05, 0) is 37.2 Å². The van der Waals surface area contributed by atoms with Crippen LogP contribution in [0.25, 0.3) is 0 Å². The van der Waals surface area contributed by atoms with E-state index in [0.717, 1.165) is 50.5 Å². The van der Waals surface area contributed by atoms with Gasteiger partial charge in [-0.1, -0.05) is 6.92 Å². The van der Waals surface area contributed by atoms with E-state index >= 15 is 0 Å². The molecule has 0 spiro atoms. The molecule has 1 saturated heterocycles. The standard InChI is InChI=1S/C16H24N4O2/c1-3-8-19-9-11-20(12-10-19)16(22)18-15-6-4-14(5-7-15)17-13(2)21/h4-7H,3,8-12H2,1-2H3,(H,17,21)(H,18,22). The molecule has 6 nitrogen and oxygen atoms in total. The molecule has 3 amide bonds. The van der Waals surface area contributed by atoms with Gasteiger partial charge in [0.2, 0.25) is 5.91 Å². The third-order valence-corrected chi connectivity index (χ3v) is 3.66. The first-order valence-corrected chi connectivity index (χ1v) is 7.74. The highest BCUT2D eigenvalue weighted by molar-refractivity contribution is 5.91. The fourth-order valence-electron chi connectivity index (χ4n) is 2.53. The fraction of sp³-hybridized carbons (Fsp3) is 0.500. The number of hydrogen-bond acceptors (Lipinski definition) is 3. The zero-order valence-corrected chi connectivity index (χ0v) is 13.3. The van der Waals surface area contributed by atoms with Crippen LogP contribution in [0.1, 0.15) is 20.3 Å². The zero-order valence-electron chi connectivity index (χ0n) is 13.3. The molecule has 1 aromatic carbocycles. The van der Waals surface area contributed by atoms with Crippen molar-refractivity contribution in [2.24, 2.45) is 0 Å². The number of anilines is 2. The topological polar surface area (TPSA) is 64.7 Å². The van der Waals surface area contributed by atoms with Crippen LogP contribution < -0.4 is 10.6 Å². The summed E-state index contributed by atoms with van der Waals surface area (Å²) in [5.74, 6) is -0.110. The molecule has 1 aromatic rings. The van der Waals surface area contributed by atoms with Crippen molar-refractivity contribution in [2.75, 3.05) is 43.4 Å². The maximum Gasteiger partial charge on any atom is 0.321 e. The number of carbonyl (C=O) groups is 2. The van der Waals surface area contributed by atoms with E-state index < -0.39 is 0 Å². The van der Waals surface area contributed by atoms with Crippen molar-refractivity contribution in [1.29, 1.82) is 0 Å². The van der Waals surface area contributed by atoms with Crippen molar-refractivity contribution >= 4 is 23.3 Å². The van der Waals surface area contributed by atoms with Crippen LogP contribution in [0.5, 0.6) is 0 Å². The number of urea groups is 1. The second-order valence-electron chi connectivity index (χ2n) is 5.52. The van der Waals surface area contributed by atoms with Gasteiger partial charge in [-0.3, -0.25) is 9.69 Å². The van der Waals surface area contributed by atoms with Crippen molar-refractivity contribution in [3.63, 3.8) is 0 Å². The summed E-state index contributed by atoms with van der Waals surface area (Å²) in [6, 6.07) is 7.06. The van der Waals surface area contributed by atoms with Gasteiger partial charge >= 0.3 is 6.03 Å². The quantitative estimate of drug-likeness (QED) is 0.896. The molecule has 0 radical (unpaired) electrons. The van der Waals surface area contributed by atoms with Gasteiger partial charge in [0.15, 0.2) is 0 Å². The highest BCUT2D eigenvalue weighted by atomic mass is 16.2. The van der Waals surface area contributed by atoms with Crippen molar-refractivity contribution < 1.29 is 9.59 Å². The van der Waals surface area contributed by atoms with Gasteiger partial charge in [0.1, 0.15) is 0 Å². The number of nitrogens with zero attached hydrogens (tertiary/aromatic N) is 2. The van der Waals surface area contributed by atoms with Crippen LogP contribution >= 0.6 is 0 Å². The first-order valence-electron chi connectivity index (χ1n) is 7.74. The lowest BCUT2D eigenvalue weighted by atomic mass is 10.2. The molecule has 0 saturated carbocycles. The summed E-state index contributed by atoms with van der Waals surface area (Å²) >= 11 is 0. The van der Waals surface area contributed by atoms with Gasteiger partial charge in [0, 0.05) is 44.5 Å². The third-order valence-electron chi connectivity index (χ3n) is 3.66. The second kappa shape index (κ2) is 7.79. The lowest BCUT2D eigenvalue weighted by Gasteiger charge is -2.34. The largest absolute Gasteiger partial charge is 0.326 e. The highest BCUT2D eigenvalue weighted by Gasteiger charge is 2.20. The average Bonchev–Trinajstić information content (AvgIpc) is 2.50. The number of benzene rings is 1. The van der Waals surface area contributed by atoms with E-state index in [1.165, 1.54) is 6.92 Å². The van der Waals surface area contributed by atoms with Crippen LogP contribution in [-0.4, -0.2) is 54.5 Å². The molecule has 1 fully saturated rings. The molecular weight excluding hydrogens is 280 g/mol. The van der Waals surface area contributed by atoms with Crippen molar-refractivity contribution in [1.82, 2.24) is 9.80 Å². The average molecular weight is 304 g/mol. The van der Waals surface area contributed by atoms with Crippen LogP contribution in [-0.2, 0) is 4.79 Å². The van der Waals surface area contributed by atoms with Gasteiger partial charge in [-0.25, -0.2) is 4.79 Å². The summed E-state index contributed by atoms with van der Waals surface area (Å²) in [6.45, 7) is 8.12. The van der Waals surface area contributed by atoms with E-state index in [1.807, 2.05) is 4.90 Å². The Morgan fingerprint density at radius 3 is 2.05 bits per heavy atom. The monoisotopic (exact) mass is 304 g/mol. The summed E-state index contributed by atoms with van der Waals surface area (Å²) in [5.41, 5.74) is 1.45. The number of piperazine rings is 1. The number of rotatable bonds is 4. The molecule has 0 bridgehead atoms. The molecular formula is C16H24N4O2. The molecule has 0 atom stereocenters. The van der Waals surface area contributed by atoms with Crippen LogP contribution in [0.2, 0.25) is 0 Å². The summed E-state index contributed by atoms with van der Waals surface area (Å²) in [4.78, 5) is 27.4. The molecule has 1 aliphatic rings. The third kappa shape index (κ3) is 4.73. The van der Waals surface area contributed by atoms with Gasteiger partial charge in [0.05, 0.1) is 0 Å². The molecule has 6 heteroatoms. The predicted molar refractivity (Wildman–Crippen MR) is 88.1 cm³/mol. The van der Waals surface area contributed by atoms with Crippen LogP contribution in [0.3, 0.4) is 0 Å². The van der Waals surface area contributed by atoms with E-state index in [0.29, 0.717) is 0 Å². The van der Waals surface area contributed by atoms with Gasteiger partial charge in [0.25, 0.3) is 0 Å². The summed E-state index contributed by atoms with van der Waals surface area (Å²) < 4.78 is 0. The minimum Gasteiger partial charge on any atom is -0.326 e. The molecule has 120 valence electrons. The predicted octanol–water partition coefficient (Wildman–Crippen LogP) is 2.20. The Bertz CT molecular complexity index is 507. The van der Waals surface area contributed by atoms with Gasteiger partial charge in [-0.2, -0.15) is 0 Å². The lowest BCUT2D eigenvalue weighted by molar-refractivity contribution is -0.114. The Kier molecular flexibility index (Phi) is 5.77. The molecule has 22 heavy (non-hydrogen) atoms. The molecule has 1 heterocycles. The van der Waals surface area contributed by atoms with Gasteiger partial charge < -0.3 is 15.5 Å². The molecule has 0 aromatic heterocycles. The number of amides is 3. The lowest BCUT2D eigenvalue weighted by Crippen LogP contribution is -2.50. The Labute approximate surface area is 131 Å². The van der Waals surface area contributed by atoms with E-state index in [1.54, 1.807) is 24.3 Å². The molecule has 2 N–H and O–H groups in total. The SMILES string of the molecule is CCCN1CCN(C(=O)Nc2ccc(NC(C)=O)cc2)CC1. The van der Waals surface area contributed by atoms with Crippen molar-refractivity contribution in [3.05, 3.63) is 24.3 Å². The first-order chi connectivity index (χ1) is 10.6. The number of carbonyl (C=O) groups excluding carboxylic acids is 2. The van der Waals surface area contributed by atoms with Crippen molar-refractivity contribution in [3.8, 4) is 0 Å². The highest BCUT2D eigenvalue weighted by Crippen LogP contribution is 2.14. The molecule has 1 aliphatic heterocycles. The minimum absolute atomic E-state index is 0.0663. The Hall–Kier alpha value is -2.08. The van der Waals surface area contributed by atoms with E-state index in [2.05, 4.69) is 22.5 Å².